The molecule has 0 spiro atoms. The van der Waals surface area contributed by atoms with Crippen molar-refractivity contribution in [3.8, 4) is 0 Å². The van der Waals surface area contributed by atoms with Crippen molar-refractivity contribution in [2.75, 3.05) is 6.61 Å². The van der Waals surface area contributed by atoms with Gasteiger partial charge in [-0.2, -0.15) is 16.8 Å². The molecule has 1 rings (SSSR count). The fraction of sp³-hybridized carbons (Fsp3) is 0.250. The Balaban J connectivity index is 3.15. The van der Waals surface area contributed by atoms with Gasteiger partial charge in [0.15, 0.2) is 0 Å². The summed E-state index contributed by atoms with van der Waals surface area (Å²) in [6, 6.07) is 2.50. The minimum atomic E-state index is -5.27. The monoisotopic (exact) mass is 376 g/mol. The van der Waals surface area contributed by atoms with Gasteiger partial charge in [0.1, 0.15) is 9.85 Å². The summed E-state index contributed by atoms with van der Waals surface area (Å²) < 4.78 is 74.7. The minimum absolute atomic E-state index is 0.295. The zero-order valence-electron chi connectivity index (χ0n) is 10.7. The van der Waals surface area contributed by atoms with Gasteiger partial charge in [0.2, 0.25) is 6.61 Å². The van der Waals surface area contributed by atoms with Crippen LogP contribution in [0.4, 0.5) is 8.28 Å². The molecule has 0 fully saturated rings. The zero-order chi connectivity index (χ0) is 18.1. The first-order valence-corrected chi connectivity index (χ1v) is 8.02. The Kier molecular flexibility index (Phi) is 4.97. The molecule has 128 valence electrons. The highest BCUT2D eigenvalue weighted by Crippen LogP contribution is 2.21. The number of nitrogens with zero attached hydrogens (tertiary/aromatic N) is 2. The molecule has 23 heavy (non-hydrogen) atoms. The van der Waals surface area contributed by atoms with Crippen LogP contribution in [0.15, 0.2) is 34.1 Å². The molecule has 11 nitrogen and oxygen atoms in total. The summed E-state index contributed by atoms with van der Waals surface area (Å²) in [4.78, 5) is 14.5. The highest BCUT2D eigenvalue weighted by Gasteiger charge is 2.59. The molecular formula is C8H6F2N2O9S2. The molecule has 0 bridgehead atoms. The molecule has 0 N–H and O–H groups in total. The lowest BCUT2D eigenvalue weighted by molar-refractivity contribution is -0.831. The Bertz CT molecular complexity index is 838. The van der Waals surface area contributed by atoms with E-state index >= 15 is 0 Å². The van der Waals surface area contributed by atoms with Crippen LogP contribution in [0.5, 0.6) is 0 Å². The van der Waals surface area contributed by atoms with Gasteiger partial charge in [-0.15, -0.1) is 3.89 Å². The Morgan fingerprint density at radius 3 is 2.00 bits per heavy atom. The Morgan fingerprint density at radius 1 is 1.09 bits per heavy atom. The maximum absolute atomic E-state index is 13.4. The SMILES string of the molecule is O=[N+]([O-])C(F)(COS(=O)(=O)c1cccc(S(=O)(=O)F)c1)[N+](=O)[O-]. The molecule has 0 radical (unpaired) electrons. The predicted octanol–water partition coefficient (Wildman–Crippen LogP) is 0.227. The quantitative estimate of drug-likeness (QED) is 0.162. The van der Waals surface area contributed by atoms with Crippen LogP contribution in [0.2, 0.25) is 0 Å². The van der Waals surface area contributed by atoms with Gasteiger partial charge in [-0.25, -0.2) is 4.18 Å². The van der Waals surface area contributed by atoms with Crippen LogP contribution in [-0.4, -0.2) is 39.2 Å². The maximum atomic E-state index is 13.4. The van der Waals surface area contributed by atoms with Crippen molar-refractivity contribution in [1.29, 1.82) is 0 Å². The van der Waals surface area contributed by atoms with Crippen LogP contribution in [0.25, 0.3) is 0 Å². The first-order chi connectivity index (χ1) is 10.3. The lowest BCUT2D eigenvalue weighted by atomic mass is 10.4. The minimum Gasteiger partial charge on any atom is -0.256 e. The van der Waals surface area contributed by atoms with Crippen LogP contribution in [-0.2, 0) is 24.5 Å². The van der Waals surface area contributed by atoms with Gasteiger partial charge in [0, 0.05) is 0 Å². The van der Waals surface area contributed by atoms with Gasteiger partial charge in [-0.3, -0.25) is 20.2 Å². The first-order valence-electron chi connectivity index (χ1n) is 5.23. The molecule has 0 aromatic heterocycles. The van der Waals surface area contributed by atoms with E-state index in [4.69, 9.17) is 0 Å². The van der Waals surface area contributed by atoms with E-state index in [2.05, 4.69) is 4.18 Å². The van der Waals surface area contributed by atoms with Crippen molar-refractivity contribution in [2.45, 2.75) is 15.7 Å². The van der Waals surface area contributed by atoms with E-state index in [0.717, 1.165) is 6.07 Å². The molecule has 1 aromatic rings. The fourth-order valence-electron chi connectivity index (χ4n) is 1.17. The highest BCUT2D eigenvalue weighted by atomic mass is 32.3. The van der Waals surface area contributed by atoms with Crippen molar-refractivity contribution in [3.63, 3.8) is 0 Å². The van der Waals surface area contributed by atoms with E-state index in [9.17, 15) is 45.3 Å². The molecule has 0 atom stereocenters. The van der Waals surface area contributed by atoms with E-state index < -0.39 is 52.5 Å². The molecule has 0 amide bonds. The molecule has 0 aliphatic heterocycles. The second kappa shape index (κ2) is 6.09. The standard InChI is InChI=1S/C8H6F2N2O9S2/c9-8(11(13)14,12(15)16)5-21-23(19,20)7-3-1-2-6(4-7)22(10,17)18/h1-4H,5H2. The summed E-state index contributed by atoms with van der Waals surface area (Å²) in [5.74, 6) is -4.43. The number of alkyl halides is 1. The largest absolute Gasteiger partial charge is 0.639 e. The van der Waals surface area contributed by atoms with Crippen molar-refractivity contribution < 1.29 is 39.1 Å². The second-order valence-corrected chi connectivity index (χ2v) is 6.82. The second-order valence-electron chi connectivity index (χ2n) is 3.86. The predicted molar refractivity (Wildman–Crippen MR) is 65.7 cm³/mol. The summed E-state index contributed by atoms with van der Waals surface area (Å²) in [5, 5.41) is 20.6. The number of hydrogen-bond acceptors (Lipinski definition) is 9. The van der Waals surface area contributed by atoms with Gasteiger partial charge < -0.3 is 0 Å². The zero-order valence-corrected chi connectivity index (χ0v) is 12.3. The summed E-state index contributed by atoms with van der Waals surface area (Å²) in [7, 11) is -10.3. The van der Waals surface area contributed by atoms with E-state index in [0.29, 0.717) is 18.2 Å². The van der Waals surface area contributed by atoms with Crippen molar-refractivity contribution in [1.82, 2.24) is 0 Å². The molecule has 0 heterocycles. The van der Waals surface area contributed by atoms with E-state index in [-0.39, 0.29) is 0 Å². The van der Waals surface area contributed by atoms with Gasteiger partial charge in [-0.1, -0.05) is 10.5 Å². The lowest BCUT2D eigenvalue weighted by Gasteiger charge is -2.09. The molecule has 0 unspecified atom stereocenters. The summed E-state index contributed by atoms with van der Waals surface area (Å²) >= 11 is 0. The fourth-order valence-corrected chi connectivity index (χ4v) is 2.72. The maximum Gasteiger partial charge on any atom is 0.639 e. The van der Waals surface area contributed by atoms with Crippen molar-refractivity contribution >= 4 is 20.3 Å². The van der Waals surface area contributed by atoms with Gasteiger partial charge in [-0.05, 0) is 18.2 Å². The molecule has 0 saturated carbocycles. The van der Waals surface area contributed by atoms with E-state index in [1.54, 1.807) is 0 Å². The molecule has 0 saturated heterocycles. The Hall–Kier alpha value is -2.26. The number of benzene rings is 1. The average molecular weight is 376 g/mol. The first kappa shape index (κ1) is 18.8. The normalized spacial score (nSPS) is 12.8. The van der Waals surface area contributed by atoms with Crippen molar-refractivity contribution in [2.24, 2.45) is 0 Å². The third kappa shape index (κ3) is 4.14. The average Bonchev–Trinajstić information content (AvgIpc) is 2.43. The third-order valence-electron chi connectivity index (χ3n) is 2.33. The molecule has 0 aliphatic rings. The van der Waals surface area contributed by atoms with E-state index in [1.807, 2.05) is 0 Å². The molecule has 15 heteroatoms. The van der Waals surface area contributed by atoms with Gasteiger partial charge in [0.05, 0.1) is 9.79 Å². The third-order valence-corrected chi connectivity index (χ3v) is 4.41. The number of hydrogen-bond donors (Lipinski definition) is 0. The van der Waals surface area contributed by atoms with Crippen LogP contribution >= 0.6 is 0 Å². The Labute approximate surface area is 127 Å². The van der Waals surface area contributed by atoms with Gasteiger partial charge >= 0.3 is 16.1 Å². The molecule has 1 aromatic carbocycles. The van der Waals surface area contributed by atoms with Crippen molar-refractivity contribution in [3.05, 3.63) is 44.5 Å². The summed E-state index contributed by atoms with van der Waals surface area (Å²) in [6.45, 7) is -2.11. The van der Waals surface area contributed by atoms with E-state index in [1.165, 1.54) is 0 Å². The molecular weight excluding hydrogens is 370 g/mol. The van der Waals surface area contributed by atoms with Crippen LogP contribution in [0, 0.1) is 20.2 Å². The lowest BCUT2D eigenvalue weighted by Crippen LogP contribution is -2.46. The topological polar surface area (TPSA) is 164 Å². The summed E-state index contributed by atoms with van der Waals surface area (Å²) in [6.07, 6.45) is 0. The van der Waals surface area contributed by atoms with Gasteiger partial charge in [0.25, 0.3) is 10.1 Å². The number of halogens is 2. The Morgan fingerprint density at radius 2 is 1.57 bits per heavy atom. The van der Waals surface area contributed by atoms with Crippen LogP contribution in [0.1, 0.15) is 0 Å². The number of rotatable bonds is 7. The highest BCUT2D eigenvalue weighted by molar-refractivity contribution is 7.87. The molecule has 0 aliphatic carbocycles. The van der Waals surface area contributed by atoms with Crippen LogP contribution < -0.4 is 0 Å². The number of nitro groups is 2. The summed E-state index contributed by atoms with van der Waals surface area (Å²) in [5.41, 5.74) is 0. The van der Waals surface area contributed by atoms with Crippen LogP contribution in [0.3, 0.4) is 0 Å². The smallest absolute Gasteiger partial charge is 0.256 e.